The first-order valence-electron chi connectivity index (χ1n) is 6.96. The number of nitrogens with one attached hydrogen (secondary N) is 1. The summed E-state index contributed by atoms with van der Waals surface area (Å²) < 4.78 is 13.9. The highest BCUT2D eigenvalue weighted by Gasteiger charge is 2.44. The number of hydrogen-bond donors (Lipinski definition) is 1. The summed E-state index contributed by atoms with van der Waals surface area (Å²) in [5.74, 6) is -0.133. The van der Waals surface area contributed by atoms with Crippen molar-refractivity contribution in [3.8, 4) is 0 Å². The Kier molecular flexibility index (Phi) is 2.72. The zero-order chi connectivity index (χ0) is 12.8. The highest BCUT2D eigenvalue weighted by molar-refractivity contribution is 5.75. The van der Waals surface area contributed by atoms with E-state index in [4.69, 9.17) is 0 Å². The van der Waals surface area contributed by atoms with Crippen LogP contribution in [-0.4, -0.2) is 18.1 Å². The van der Waals surface area contributed by atoms with Gasteiger partial charge >= 0.3 is 0 Å². The Hall–Kier alpha value is -1.25. The van der Waals surface area contributed by atoms with Crippen molar-refractivity contribution in [1.29, 1.82) is 0 Å². The Morgan fingerprint density at radius 2 is 2.00 bits per heavy atom. The number of hydrogen-bond acceptors (Lipinski definition) is 2. The third kappa shape index (κ3) is 1.60. The molecule has 18 heavy (non-hydrogen) atoms. The average molecular weight is 248 g/mol. The van der Waals surface area contributed by atoms with Crippen molar-refractivity contribution in [2.75, 3.05) is 16.8 Å². The number of fused-ring (bicyclic) bond motifs is 1. The van der Waals surface area contributed by atoms with Crippen molar-refractivity contribution < 1.29 is 4.39 Å². The Morgan fingerprint density at radius 3 is 2.67 bits per heavy atom. The lowest BCUT2D eigenvalue weighted by atomic mass is 9.89. The molecule has 1 fully saturated rings. The van der Waals surface area contributed by atoms with E-state index in [9.17, 15) is 4.39 Å². The predicted molar refractivity (Wildman–Crippen MR) is 73.7 cm³/mol. The molecule has 3 heteroatoms. The van der Waals surface area contributed by atoms with E-state index in [1.54, 1.807) is 0 Å². The van der Waals surface area contributed by atoms with Gasteiger partial charge in [-0.1, -0.05) is 18.9 Å². The topological polar surface area (TPSA) is 15.3 Å². The first-order valence-corrected chi connectivity index (χ1v) is 6.96. The van der Waals surface area contributed by atoms with Crippen molar-refractivity contribution in [3.63, 3.8) is 0 Å². The summed E-state index contributed by atoms with van der Waals surface area (Å²) in [5, 5.41) is 3.33. The lowest BCUT2D eigenvalue weighted by molar-refractivity contribution is 0.379. The van der Waals surface area contributed by atoms with Gasteiger partial charge in [-0.2, -0.15) is 0 Å². The van der Waals surface area contributed by atoms with Crippen molar-refractivity contribution in [1.82, 2.24) is 0 Å². The van der Waals surface area contributed by atoms with Gasteiger partial charge in [0.15, 0.2) is 0 Å². The molecule has 1 aliphatic heterocycles. The molecule has 1 aromatic carbocycles. The molecule has 1 N–H and O–H groups in total. The second-order valence-electron chi connectivity index (χ2n) is 5.88. The molecule has 3 rings (SSSR count). The van der Waals surface area contributed by atoms with Gasteiger partial charge in [-0.25, -0.2) is 4.39 Å². The van der Waals surface area contributed by atoms with Crippen LogP contribution in [0.1, 0.15) is 39.5 Å². The summed E-state index contributed by atoms with van der Waals surface area (Å²) in [5.41, 5.74) is 1.93. The Bertz CT molecular complexity index is 450. The quantitative estimate of drug-likeness (QED) is 0.813. The van der Waals surface area contributed by atoms with Gasteiger partial charge in [0.1, 0.15) is 5.82 Å². The SMILES string of the molecule is CC(C)N1c2cccc(F)c2NCC12CCCC2. The molecule has 2 aliphatic rings. The Labute approximate surface area is 108 Å². The van der Waals surface area contributed by atoms with Crippen LogP contribution in [0.3, 0.4) is 0 Å². The Balaban J connectivity index is 2.10. The van der Waals surface area contributed by atoms with E-state index in [0.717, 1.165) is 12.2 Å². The van der Waals surface area contributed by atoms with Crippen molar-refractivity contribution >= 4 is 11.4 Å². The van der Waals surface area contributed by atoms with Gasteiger partial charge in [-0.05, 0) is 38.8 Å². The molecule has 0 saturated heterocycles. The molecule has 1 spiro atoms. The van der Waals surface area contributed by atoms with Crippen LogP contribution < -0.4 is 10.2 Å². The van der Waals surface area contributed by atoms with Gasteiger partial charge in [0.2, 0.25) is 0 Å². The zero-order valence-corrected chi connectivity index (χ0v) is 11.2. The molecular weight excluding hydrogens is 227 g/mol. The normalized spacial score (nSPS) is 21.2. The van der Waals surface area contributed by atoms with Crippen LogP contribution in [0.15, 0.2) is 18.2 Å². The van der Waals surface area contributed by atoms with E-state index in [0.29, 0.717) is 11.7 Å². The van der Waals surface area contributed by atoms with Crippen LogP contribution in [0.4, 0.5) is 15.8 Å². The fourth-order valence-corrected chi connectivity index (χ4v) is 3.76. The van der Waals surface area contributed by atoms with E-state index in [1.165, 1.54) is 31.7 Å². The van der Waals surface area contributed by atoms with Gasteiger partial charge in [0, 0.05) is 12.6 Å². The maximum Gasteiger partial charge on any atom is 0.148 e. The summed E-state index contributed by atoms with van der Waals surface area (Å²) in [7, 11) is 0. The van der Waals surface area contributed by atoms with Gasteiger partial charge < -0.3 is 10.2 Å². The van der Waals surface area contributed by atoms with E-state index >= 15 is 0 Å². The number of benzene rings is 1. The van der Waals surface area contributed by atoms with Crippen molar-refractivity contribution in [2.24, 2.45) is 0 Å². The largest absolute Gasteiger partial charge is 0.379 e. The van der Waals surface area contributed by atoms with Crippen LogP contribution >= 0.6 is 0 Å². The lowest BCUT2D eigenvalue weighted by Gasteiger charge is -2.50. The molecule has 0 radical (unpaired) electrons. The lowest BCUT2D eigenvalue weighted by Crippen LogP contribution is -2.57. The standard InChI is InChI=1S/C15H21FN2/c1-11(2)18-13-7-5-6-12(16)14(13)17-10-15(18)8-3-4-9-15/h5-7,11,17H,3-4,8-10H2,1-2H3. The maximum atomic E-state index is 13.9. The number of para-hydroxylation sites is 1. The second kappa shape index (κ2) is 4.15. The third-order valence-electron chi connectivity index (χ3n) is 4.41. The summed E-state index contributed by atoms with van der Waals surface area (Å²) in [6.45, 7) is 5.29. The van der Waals surface area contributed by atoms with Crippen LogP contribution in [0.2, 0.25) is 0 Å². The number of halogens is 1. The van der Waals surface area contributed by atoms with E-state index in [1.807, 2.05) is 12.1 Å². The number of anilines is 2. The predicted octanol–water partition coefficient (Wildman–Crippen LogP) is 3.78. The number of nitrogens with zero attached hydrogens (tertiary/aromatic N) is 1. The van der Waals surface area contributed by atoms with Crippen LogP contribution in [0.5, 0.6) is 0 Å². The maximum absolute atomic E-state index is 13.9. The molecule has 0 atom stereocenters. The minimum absolute atomic E-state index is 0.133. The zero-order valence-electron chi connectivity index (χ0n) is 11.2. The molecule has 1 aromatic rings. The fraction of sp³-hybridized carbons (Fsp3) is 0.600. The first-order chi connectivity index (χ1) is 8.64. The molecular formula is C15H21FN2. The molecule has 1 aliphatic carbocycles. The summed E-state index contributed by atoms with van der Waals surface area (Å²) >= 11 is 0. The van der Waals surface area contributed by atoms with Gasteiger partial charge in [0.25, 0.3) is 0 Å². The van der Waals surface area contributed by atoms with Crippen LogP contribution in [-0.2, 0) is 0 Å². The van der Waals surface area contributed by atoms with Gasteiger partial charge in [0.05, 0.1) is 16.9 Å². The molecule has 0 unspecified atom stereocenters. The molecule has 0 bridgehead atoms. The molecule has 0 aromatic heterocycles. The average Bonchev–Trinajstić information content (AvgIpc) is 2.77. The highest BCUT2D eigenvalue weighted by atomic mass is 19.1. The van der Waals surface area contributed by atoms with E-state index in [2.05, 4.69) is 24.1 Å². The molecule has 0 amide bonds. The van der Waals surface area contributed by atoms with Gasteiger partial charge in [-0.3, -0.25) is 0 Å². The summed E-state index contributed by atoms with van der Waals surface area (Å²) in [6, 6.07) is 5.81. The second-order valence-corrected chi connectivity index (χ2v) is 5.88. The minimum Gasteiger partial charge on any atom is -0.379 e. The monoisotopic (exact) mass is 248 g/mol. The first kappa shape index (κ1) is 11.8. The highest BCUT2D eigenvalue weighted by Crippen LogP contribution is 2.46. The van der Waals surface area contributed by atoms with Gasteiger partial charge in [-0.15, -0.1) is 0 Å². The molecule has 98 valence electrons. The molecule has 2 nitrogen and oxygen atoms in total. The minimum atomic E-state index is -0.133. The smallest absolute Gasteiger partial charge is 0.148 e. The van der Waals surface area contributed by atoms with Crippen molar-refractivity contribution in [3.05, 3.63) is 24.0 Å². The molecule has 1 heterocycles. The molecule has 1 saturated carbocycles. The van der Waals surface area contributed by atoms with Crippen LogP contribution in [0.25, 0.3) is 0 Å². The van der Waals surface area contributed by atoms with E-state index < -0.39 is 0 Å². The van der Waals surface area contributed by atoms with Crippen molar-refractivity contribution in [2.45, 2.75) is 51.1 Å². The number of rotatable bonds is 1. The van der Waals surface area contributed by atoms with E-state index in [-0.39, 0.29) is 11.4 Å². The summed E-state index contributed by atoms with van der Waals surface area (Å²) in [4.78, 5) is 2.45. The fourth-order valence-electron chi connectivity index (χ4n) is 3.76. The Morgan fingerprint density at radius 1 is 1.28 bits per heavy atom. The van der Waals surface area contributed by atoms with Crippen LogP contribution in [0, 0.1) is 5.82 Å². The third-order valence-corrected chi connectivity index (χ3v) is 4.41. The summed E-state index contributed by atoms with van der Waals surface area (Å²) in [6.07, 6.45) is 5.01.